The monoisotopic (exact) mass is 940 g/mol. The lowest BCUT2D eigenvalue weighted by Crippen LogP contribution is -2.66. The molecule has 11 N–H and O–H groups in total. The molecule has 7 rings (SSSR count). The highest BCUT2D eigenvalue weighted by Gasteiger charge is 2.53. The number of aryl methyl sites for hydroxylation is 1. The van der Waals surface area contributed by atoms with Gasteiger partial charge in [-0.05, 0) is 49.6 Å². The molecule has 12 atom stereocenters. The summed E-state index contributed by atoms with van der Waals surface area (Å²) in [7, 11) is 2.50. The number of nitrogens with one attached hydrogen (secondary N) is 1. The maximum atomic E-state index is 14.2. The molecule has 2 saturated heterocycles. The number of fused-ring (bicyclic) bond motifs is 5. The van der Waals surface area contributed by atoms with E-state index in [9.17, 15) is 79.8 Å². The first-order valence-electron chi connectivity index (χ1n) is 20.8. The van der Waals surface area contributed by atoms with Gasteiger partial charge in [-0.2, -0.15) is 0 Å². The van der Waals surface area contributed by atoms with Crippen LogP contribution < -0.4 is 10.1 Å². The Morgan fingerprint density at radius 2 is 1.46 bits per heavy atom. The molecule has 0 aromatic heterocycles. The maximum absolute atomic E-state index is 14.2. The van der Waals surface area contributed by atoms with Crippen molar-refractivity contribution in [2.24, 2.45) is 0 Å². The zero-order chi connectivity index (χ0) is 49.2. The van der Waals surface area contributed by atoms with Gasteiger partial charge in [0, 0.05) is 41.8 Å². The lowest BCUT2D eigenvalue weighted by molar-refractivity contribution is -0.345. The molecule has 2 aliphatic heterocycles. The van der Waals surface area contributed by atoms with E-state index < -0.39 is 184 Å². The number of carbonyl (C=O) groups excluding carboxylic acids is 4. The highest BCUT2D eigenvalue weighted by molar-refractivity contribution is 6.31. The Labute approximate surface area is 379 Å². The van der Waals surface area contributed by atoms with Gasteiger partial charge >= 0.3 is 11.9 Å². The first-order chi connectivity index (χ1) is 31.5. The predicted molar refractivity (Wildman–Crippen MR) is 221 cm³/mol. The molecular formula is C44H48N2O21. The predicted octanol–water partition coefficient (Wildman–Crippen LogP) is -0.508. The average molecular weight is 941 g/mol. The van der Waals surface area contributed by atoms with Gasteiger partial charge in [-0.15, -0.1) is 0 Å². The highest BCUT2D eigenvalue weighted by Crippen LogP contribution is 2.57. The van der Waals surface area contributed by atoms with Crippen LogP contribution in [0.3, 0.4) is 0 Å². The molecule has 67 heavy (non-hydrogen) atoms. The van der Waals surface area contributed by atoms with Gasteiger partial charge in [-0.25, -0.2) is 0 Å². The van der Waals surface area contributed by atoms with E-state index in [0.29, 0.717) is 0 Å². The molecular weight excluding hydrogens is 892 g/mol. The number of methoxy groups -OCH3 is 1. The van der Waals surface area contributed by atoms with Crippen LogP contribution in [0.1, 0.15) is 97.8 Å². The third kappa shape index (κ3) is 8.42. The second-order valence-corrected chi connectivity index (χ2v) is 16.7. The van der Waals surface area contributed by atoms with Crippen molar-refractivity contribution in [3.05, 3.63) is 68.8 Å². The van der Waals surface area contributed by atoms with E-state index >= 15 is 0 Å². The fourth-order valence-electron chi connectivity index (χ4n) is 8.97. The number of carboxylic acids is 2. The van der Waals surface area contributed by atoms with E-state index in [4.69, 9.17) is 23.7 Å². The number of rotatable bonds is 12. The number of carbonyl (C=O) groups is 6. The van der Waals surface area contributed by atoms with E-state index in [1.54, 1.807) is 0 Å². The second-order valence-electron chi connectivity index (χ2n) is 16.7. The molecule has 0 spiro atoms. The molecule has 3 aromatic carbocycles. The van der Waals surface area contributed by atoms with Crippen LogP contribution in [0.2, 0.25) is 0 Å². The number of ether oxygens (including phenoxy) is 5. The van der Waals surface area contributed by atoms with Crippen molar-refractivity contribution >= 4 is 35.3 Å². The van der Waals surface area contributed by atoms with Gasteiger partial charge in [0.1, 0.15) is 71.8 Å². The van der Waals surface area contributed by atoms with E-state index in [-0.39, 0.29) is 22.4 Å². The number of likely N-dealkylation sites (N-methyl/N-ethyl adjacent to an activating group) is 1. The van der Waals surface area contributed by atoms with Crippen molar-refractivity contribution in [3.8, 4) is 34.1 Å². The van der Waals surface area contributed by atoms with Crippen molar-refractivity contribution in [1.29, 1.82) is 0 Å². The number of carboxylic acid groups (broad SMARTS) is 2. The van der Waals surface area contributed by atoms with Crippen molar-refractivity contribution in [2.75, 3.05) is 20.8 Å². The number of hydrogen-bond donors (Lipinski definition) is 11. The van der Waals surface area contributed by atoms with Crippen molar-refractivity contribution in [3.63, 3.8) is 0 Å². The number of phenolic OH excluding ortho intramolecular Hbond substituents is 3. The fourth-order valence-corrected chi connectivity index (χ4v) is 8.97. The smallest absolute Gasteiger partial charge is 0.325 e. The van der Waals surface area contributed by atoms with Gasteiger partial charge in [-0.1, -0.05) is 6.07 Å². The van der Waals surface area contributed by atoms with Crippen LogP contribution in [-0.2, 0) is 33.3 Å². The number of benzene rings is 3. The number of nitrogens with zero attached hydrogens (tertiary/aromatic N) is 1. The minimum atomic E-state index is -2.04. The standard InChI is InChI=1S/C44H48N2O21/c1-13-8-20-28(35(56)25(13)41(60)45-14(2)42(61)62)27-18(11-19-29(36(27)57)32(53)17-9-16(63-5)10-21(47)26(17)31(19)52)33(54)39(20)66-44-38(59)40(67-43-37(58)34(55)22(48)12-64-43)30(15(3)65-44)46(4)23(49)6-7-24(50)51/h8-11,14-15,22,30,33-34,37-40,43-44,47-48,54-59H,6-7,12H2,1-5H3,(H,45,60)(H,50,51)(H,61,62)/t14-,15-,22-,30+,33+,34+,37-,38-,39+,40+,43+,44+/m1/s1. The number of amides is 2. The number of aliphatic carboxylic acids is 2. The molecule has 2 aliphatic carbocycles. The molecule has 0 saturated carbocycles. The molecule has 0 radical (unpaired) electrons. The molecule has 4 aliphatic rings. The molecule has 0 bridgehead atoms. The maximum Gasteiger partial charge on any atom is 0.325 e. The summed E-state index contributed by atoms with van der Waals surface area (Å²) in [5.41, 5.74) is -4.05. The largest absolute Gasteiger partial charge is 0.507 e. The Bertz CT molecular complexity index is 2560. The number of ketones is 2. The van der Waals surface area contributed by atoms with E-state index in [2.05, 4.69) is 5.32 Å². The van der Waals surface area contributed by atoms with Crippen LogP contribution >= 0.6 is 0 Å². The summed E-state index contributed by atoms with van der Waals surface area (Å²) in [6.07, 6.45) is -18.8. The van der Waals surface area contributed by atoms with Crippen LogP contribution in [0.4, 0.5) is 0 Å². The molecule has 23 heteroatoms. The SMILES string of the molecule is COc1cc(O)c2c(c1)C(=O)c1c(cc3c(c1O)-c1c(cc(C)c(C(=O)N[C@H](C)C(=O)O)c1O)[C@H](O[C@@H]1O[C@H](C)[C@H](N(C)C(=O)CCC(=O)O)[C@H](O[C@@H]4OC[C@@H](O)[C@H](O)[C@H]4O)[C@H]1O)[C@H]3O)C2=O. The molecule has 0 unspecified atom stereocenters. The van der Waals surface area contributed by atoms with E-state index in [1.807, 2.05) is 0 Å². The zero-order valence-corrected chi connectivity index (χ0v) is 36.3. The number of aliphatic hydroxyl groups excluding tert-OH is 5. The van der Waals surface area contributed by atoms with E-state index in [1.165, 1.54) is 34.1 Å². The molecule has 2 fully saturated rings. The highest BCUT2D eigenvalue weighted by atomic mass is 16.7. The Morgan fingerprint density at radius 3 is 2.10 bits per heavy atom. The summed E-state index contributed by atoms with van der Waals surface area (Å²) >= 11 is 0. The number of aliphatic hydroxyl groups is 5. The fraction of sp³-hybridized carbons (Fsp3) is 0.455. The normalized spacial score (nSPS) is 28.0. The summed E-state index contributed by atoms with van der Waals surface area (Å²) in [4.78, 5) is 79.3. The first-order valence-corrected chi connectivity index (χ1v) is 20.8. The first kappa shape index (κ1) is 48.6. The molecule has 3 aromatic rings. The summed E-state index contributed by atoms with van der Waals surface area (Å²) in [6.45, 7) is 3.37. The van der Waals surface area contributed by atoms with Crippen LogP contribution in [0, 0.1) is 6.92 Å². The summed E-state index contributed by atoms with van der Waals surface area (Å²) in [6, 6.07) is 1.69. The van der Waals surface area contributed by atoms with Crippen LogP contribution in [0.5, 0.6) is 23.0 Å². The lowest BCUT2D eigenvalue weighted by atomic mass is 9.74. The van der Waals surface area contributed by atoms with Crippen LogP contribution in [0.25, 0.3) is 11.1 Å². The van der Waals surface area contributed by atoms with Gasteiger partial charge in [0.2, 0.25) is 5.91 Å². The van der Waals surface area contributed by atoms with E-state index in [0.717, 1.165) is 30.0 Å². The minimum absolute atomic E-state index is 0.0194. The second kappa shape index (κ2) is 18.4. The summed E-state index contributed by atoms with van der Waals surface area (Å²) in [5, 5.41) is 112. The Kier molecular flexibility index (Phi) is 13.4. The number of phenols is 3. The van der Waals surface area contributed by atoms with Crippen LogP contribution in [0.15, 0.2) is 24.3 Å². The Morgan fingerprint density at radius 1 is 0.821 bits per heavy atom. The topological polar surface area (TPSA) is 366 Å². The average Bonchev–Trinajstić information content (AvgIpc) is 3.26. The third-order valence-corrected chi connectivity index (χ3v) is 12.4. The quantitative estimate of drug-likeness (QED) is 0.0852. The van der Waals surface area contributed by atoms with Crippen molar-refractivity contribution < 1.29 is 104 Å². The lowest BCUT2D eigenvalue weighted by Gasteiger charge is -2.49. The Balaban J connectivity index is 1.36. The van der Waals surface area contributed by atoms with Crippen molar-refractivity contribution in [2.45, 2.75) is 107 Å². The zero-order valence-electron chi connectivity index (χ0n) is 36.3. The summed E-state index contributed by atoms with van der Waals surface area (Å²) < 4.78 is 29.1. The third-order valence-electron chi connectivity index (χ3n) is 12.4. The van der Waals surface area contributed by atoms with Gasteiger partial charge in [-0.3, -0.25) is 28.8 Å². The number of aromatic hydroxyl groups is 3. The molecule has 2 amide bonds. The number of hydrogen-bond acceptors (Lipinski definition) is 19. The minimum Gasteiger partial charge on any atom is -0.507 e. The summed E-state index contributed by atoms with van der Waals surface area (Å²) in [5.74, 6) is -9.07. The Hall–Kier alpha value is -6.28. The molecule has 360 valence electrons. The molecule has 2 heterocycles. The van der Waals surface area contributed by atoms with Crippen molar-refractivity contribution in [1.82, 2.24) is 10.2 Å². The van der Waals surface area contributed by atoms with Gasteiger partial charge in [0.15, 0.2) is 24.1 Å². The van der Waals surface area contributed by atoms with Gasteiger partial charge in [0.25, 0.3) is 5.91 Å². The van der Waals surface area contributed by atoms with Gasteiger partial charge in [0.05, 0.1) is 49.0 Å². The van der Waals surface area contributed by atoms with Gasteiger partial charge < -0.3 is 85.0 Å². The van der Waals surface area contributed by atoms with Crippen LogP contribution in [-0.4, -0.2) is 173 Å². The molecule has 23 nitrogen and oxygen atoms in total.